The van der Waals surface area contributed by atoms with Gasteiger partial charge in [-0.1, -0.05) is 12.1 Å². The van der Waals surface area contributed by atoms with Gasteiger partial charge in [0.15, 0.2) is 40.7 Å². The first-order valence-corrected chi connectivity index (χ1v) is 10.0. The van der Waals surface area contributed by atoms with Crippen LogP contribution in [0.4, 0.5) is 43.9 Å². The molecule has 10 heteroatoms. The van der Waals surface area contributed by atoms with Gasteiger partial charge < -0.3 is 0 Å². The van der Waals surface area contributed by atoms with Crippen LogP contribution in [0.1, 0.15) is 0 Å². The lowest BCUT2D eigenvalue weighted by Gasteiger charge is -2.20. The molecule has 5 aromatic carbocycles. The SMILES string of the molecule is Fc1cc(-c2c3c(F)cccc3c(-c3c(F)c(F)cc(F)c3F)c3c(F)ccc(F)c23)cc(F)c1F. The van der Waals surface area contributed by atoms with Crippen molar-refractivity contribution in [2.45, 2.75) is 0 Å². The Hall–Kier alpha value is -4.08. The van der Waals surface area contributed by atoms with E-state index in [9.17, 15) is 30.7 Å². The summed E-state index contributed by atoms with van der Waals surface area (Å²) in [5, 5.41) is -3.18. The molecule has 0 radical (unpaired) electrons. The Morgan fingerprint density at radius 2 is 0.833 bits per heavy atom. The van der Waals surface area contributed by atoms with Crippen molar-refractivity contribution >= 4 is 21.5 Å². The minimum absolute atomic E-state index is 0.103. The maximum Gasteiger partial charge on any atom is 0.194 e. The van der Waals surface area contributed by atoms with Crippen molar-refractivity contribution < 1.29 is 43.9 Å². The van der Waals surface area contributed by atoms with Crippen LogP contribution in [0.25, 0.3) is 43.8 Å². The Morgan fingerprint density at radius 3 is 1.39 bits per heavy atom. The van der Waals surface area contributed by atoms with Crippen LogP contribution in [0.2, 0.25) is 0 Å². The summed E-state index contributed by atoms with van der Waals surface area (Å²) < 4.78 is 145. The third kappa shape index (κ3) is 3.31. The summed E-state index contributed by atoms with van der Waals surface area (Å²) >= 11 is 0. The summed E-state index contributed by atoms with van der Waals surface area (Å²) in [4.78, 5) is 0. The molecular formula is C26H8F10. The summed E-state index contributed by atoms with van der Waals surface area (Å²) in [6.45, 7) is 0. The number of rotatable bonds is 2. The van der Waals surface area contributed by atoms with Crippen molar-refractivity contribution in [1.29, 1.82) is 0 Å². The van der Waals surface area contributed by atoms with Gasteiger partial charge >= 0.3 is 0 Å². The summed E-state index contributed by atoms with van der Waals surface area (Å²) in [6.07, 6.45) is 0. The van der Waals surface area contributed by atoms with Crippen molar-refractivity contribution in [2.24, 2.45) is 0 Å². The highest BCUT2D eigenvalue weighted by molar-refractivity contribution is 6.22. The van der Waals surface area contributed by atoms with Crippen LogP contribution in [-0.2, 0) is 0 Å². The lowest BCUT2D eigenvalue weighted by atomic mass is 9.84. The maximum atomic E-state index is 15.2. The van der Waals surface area contributed by atoms with Gasteiger partial charge in [-0.15, -0.1) is 0 Å². The largest absolute Gasteiger partial charge is 0.206 e. The molecule has 0 fully saturated rings. The van der Waals surface area contributed by atoms with Crippen molar-refractivity contribution in [3.63, 3.8) is 0 Å². The number of benzene rings is 5. The van der Waals surface area contributed by atoms with Crippen LogP contribution in [0.5, 0.6) is 0 Å². The normalized spacial score (nSPS) is 11.6. The van der Waals surface area contributed by atoms with Gasteiger partial charge in [0.1, 0.15) is 17.5 Å². The second-order valence-electron chi connectivity index (χ2n) is 7.79. The van der Waals surface area contributed by atoms with Crippen LogP contribution in [0.15, 0.2) is 48.5 Å². The number of halogens is 10. The average Bonchev–Trinajstić information content (AvgIpc) is 2.83. The smallest absolute Gasteiger partial charge is 0.194 e. The van der Waals surface area contributed by atoms with E-state index < -0.39 is 102 Å². The van der Waals surface area contributed by atoms with Gasteiger partial charge in [-0.05, 0) is 41.3 Å². The molecule has 0 amide bonds. The second-order valence-corrected chi connectivity index (χ2v) is 7.79. The number of hydrogen-bond acceptors (Lipinski definition) is 0. The van der Waals surface area contributed by atoms with E-state index in [0.717, 1.165) is 18.2 Å². The highest BCUT2D eigenvalue weighted by atomic mass is 19.2. The molecule has 182 valence electrons. The molecule has 0 spiro atoms. The molecule has 0 nitrogen and oxygen atoms in total. The molecule has 0 heterocycles. The molecule has 0 atom stereocenters. The molecule has 0 N–H and O–H groups in total. The Morgan fingerprint density at radius 1 is 0.361 bits per heavy atom. The predicted octanol–water partition coefficient (Wildman–Crippen LogP) is 8.72. The molecule has 0 saturated heterocycles. The van der Waals surface area contributed by atoms with Gasteiger partial charge in [0.25, 0.3) is 0 Å². The van der Waals surface area contributed by atoms with Crippen molar-refractivity contribution in [3.8, 4) is 22.3 Å². The van der Waals surface area contributed by atoms with E-state index in [0.29, 0.717) is 24.3 Å². The molecule has 0 saturated carbocycles. The van der Waals surface area contributed by atoms with Crippen LogP contribution >= 0.6 is 0 Å². The van der Waals surface area contributed by atoms with Gasteiger partial charge in [-0.25, -0.2) is 43.9 Å². The van der Waals surface area contributed by atoms with Crippen LogP contribution in [-0.4, -0.2) is 0 Å². The van der Waals surface area contributed by atoms with Gasteiger partial charge in [0.05, 0.1) is 5.56 Å². The lowest BCUT2D eigenvalue weighted by molar-refractivity contribution is 0.448. The molecule has 0 unspecified atom stereocenters. The number of hydrogen-bond donors (Lipinski definition) is 0. The van der Waals surface area contributed by atoms with E-state index in [1.54, 1.807) is 0 Å². The highest BCUT2D eigenvalue weighted by Gasteiger charge is 2.29. The Balaban J connectivity index is 2.15. The Bertz CT molecular complexity index is 1690. The van der Waals surface area contributed by atoms with Crippen LogP contribution in [0.3, 0.4) is 0 Å². The quantitative estimate of drug-likeness (QED) is 0.0965. The minimum atomic E-state index is -1.98. The van der Waals surface area contributed by atoms with E-state index in [2.05, 4.69) is 0 Å². The lowest BCUT2D eigenvalue weighted by Crippen LogP contribution is -2.03. The summed E-state index contributed by atoms with van der Waals surface area (Å²) in [5.41, 5.74) is -3.74. The van der Waals surface area contributed by atoms with E-state index in [1.807, 2.05) is 0 Å². The molecule has 0 bridgehead atoms. The fourth-order valence-corrected chi connectivity index (χ4v) is 4.33. The zero-order chi connectivity index (χ0) is 26.0. The van der Waals surface area contributed by atoms with Gasteiger partial charge in [-0.3, -0.25) is 0 Å². The monoisotopic (exact) mass is 510 g/mol. The topological polar surface area (TPSA) is 0 Å². The molecule has 5 aromatic rings. The van der Waals surface area contributed by atoms with Crippen molar-refractivity contribution in [1.82, 2.24) is 0 Å². The molecule has 0 aromatic heterocycles. The molecule has 0 aliphatic heterocycles. The first-order chi connectivity index (χ1) is 17.0. The van der Waals surface area contributed by atoms with Crippen LogP contribution < -0.4 is 0 Å². The predicted molar refractivity (Wildman–Crippen MR) is 112 cm³/mol. The first-order valence-electron chi connectivity index (χ1n) is 10.0. The zero-order valence-electron chi connectivity index (χ0n) is 17.4. The Labute approximate surface area is 195 Å². The second kappa shape index (κ2) is 8.25. The Kier molecular flexibility index (Phi) is 5.42. The third-order valence-corrected chi connectivity index (χ3v) is 5.77. The fourth-order valence-electron chi connectivity index (χ4n) is 4.33. The van der Waals surface area contributed by atoms with E-state index >= 15 is 13.2 Å². The number of fused-ring (bicyclic) bond motifs is 2. The van der Waals surface area contributed by atoms with E-state index in [-0.39, 0.29) is 6.07 Å². The molecule has 0 aliphatic carbocycles. The summed E-state index contributed by atoms with van der Waals surface area (Å²) in [7, 11) is 0. The zero-order valence-corrected chi connectivity index (χ0v) is 17.4. The van der Waals surface area contributed by atoms with Crippen LogP contribution in [0, 0.1) is 58.2 Å². The first kappa shape index (κ1) is 23.7. The summed E-state index contributed by atoms with van der Waals surface area (Å²) in [5.74, 6) is -17.0. The highest BCUT2D eigenvalue weighted by Crippen LogP contribution is 2.48. The van der Waals surface area contributed by atoms with Crippen molar-refractivity contribution in [3.05, 3.63) is 107 Å². The van der Waals surface area contributed by atoms with Gasteiger partial charge in [0, 0.05) is 33.4 Å². The van der Waals surface area contributed by atoms with Crippen molar-refractivity contribution in [2.75, 3.05) is 0 Å². The standard InChI is InChI=1S/C26H8F10/c27-11-3-1-2-10-19(11)18(9-6-14(30)24(34)15(31)7-9)21-12(28)4-5-13(29)22(21)20(10)23-25(35)16(32)8-17(33)26(23)36/h1-8H. The van der Waals surface area contributed by atoms with Gasteiger partial charge in [-0.2, -0.15) is 0 Å². The minimum Gasteiger partial charge on any atom is -0.206 e. The van der Waals surface area contributed by atoms with E-state index in [1.165, 1.54) is 0 Å². The third-order valence-electron chi connectivity index (χ3n) is 5.77. The fraction of sp³-hybridized carbons (Fsp3) is 0. The molecule has 36 heavy (non-hydrogen) atoms. The van der Waals surface area contributed by atoms with Gasteiger partial charge in [0.2, 0.25) is 0 Å². The molecule has 0 aliphatic rings. The van der Waals surface area contributed by atoms with E-state index in [4.69, 9.17) is 0 Å². The summed E-state index contributed by atoms with van der Waals surface area (Å²) in [6, 6.07) is 4.56. The maximum absolute atomic E-state index is 15.2. The average molecular weight is 510 g/mol. The molecule has 5 rings (SSSR count). The molecular weight excluding hydrogens is 502 g/mol.